The lowest BCUT2D eigenvalue weighted by molar-refractivity contribution is 0.218. The number of benzene rings is 1. The van der Waals surface area contributed by atoms with Gasteiger partial charge in [-0.05, 0) is 30.2 Å². The number of fused-ring (bicyclic) bond motifs is 1. The molecule has 0 aliphatic carbocycles. The second-order valence-corrected chi connectivity index (χ2v) is 3.94. The first kappa shape index (κ1) is 9.77. The Kier molecular flexibility index (Phi) is 2.23. The molecular weight excluding hydrogens is 188 g/mol. The van der Waals surface area contributed by atoms with E-state index >= 15 is 0 Å². The van der Waals surface area contributed by atoms with Crippen molar-refractivity contribution >= 4 is 17.3 Å². The number of carbonyl (C=O) groups excluding carboxylic acids is 1. The van der Waals surface area contributed by atoms with E-state index < -0.39 is 0 Å². The summed E-state index contributed by atoms with van der Waals surface area (Å²) in [7, 11) is 1.78. The summed E-state index contributed by atoms with van der Waals surface area (Å²) in [5, 5.41) is 2.83. The van der Waals surface area contributed by atoms with Gasteiger partial charge in [0.2, 0.25) is 0 Å². The Morgan fingerprint density at radius 1 is 1.60 bits per heavy atom. The Hall–Kier alpha value is -1.77. The van der Waals surface area contributed by atoms with Crippen LogP contribution < -0.4 is 5.32 Å². The molecule has 2 rings (SSSR count). The summed E-state index contributed by atoms with van der Waals surface area (Å²) < 4.78 is 0. The van der Waals surface area contributed by atoms with E-state index in [-0.39, 0.29) is 7.46 Å². The highest BCUT2D eigenvalue weighted by atomic mass is 16.2. The summed E-state index contributed by atoms with van der Waals surface area (Å²) in [5.74, 6) is 0. The minimum absolute atomic E-state index is 0. The van der Waals surface area contributed by atoms with Gasteiger partial charge in [0.1, 0.15) is 0 Å². The van der Waals surface area contributed by atoms with Gasteiger partial charge in [-0.25, -0.2) is 4.79 Å². The maximum absolute atomic E-state index is 11.4. The molecule has 3 heteroatoms. The van der Waals surface area contributed by atoms with Crippen LogP contribution in [-0.4, -0.2) is 18.0 Å². The largest absolute Gasteiger partial charge is 0.323 e. The molecule has 0 saturated heterocycles. The first-order chi connectivity index (χ1) is 7.08. The highest BCUT2D eigenvalue weighted by molar-refractivity contribution is 5.92. The number of amides is 2. The highest BCUT2D eigenvalue weighted by Crippen LogP contribution is 2.25. The van der Waals surface area contributed by atoms with E-state index in [2.05, 4.69) is 18.0 Å². The average molecular weight is 204 g/mol. The van der Waals surface area contributed by atoms with Crippen LogP contribution in [0.3, 0.4) is 0 Å². The Morgan fingerprint density at radius 3 is 3.00 bits per heavy atom. The summed E-state index contributed by atoms with van der Waals surface area (Å²) in [6.07, 6.45) is 0. The van der Waals surface area contributed by atoms with Crippen molar-refractivity contribution in [2.45, 2.75) is 13.5 Å². The van der Waals surface area contributed by atoms with Gasteiger partial charge in [-0.2, -0.15) is 0 Å². The number of hydrogen-bond donors (Lipinski definition) is 1. The van der Waals surface area contributed by atoms with Gasteiger partial charge in [0.25, 0.3) is 0 Å². The van der Waals surface area contributed by atoms with Gasteiger partial charge in [0, 0.05) is 20.7 Å². The molecule has 1 N–H and O–H groups in total. The minimum Gasteiger partial charge on any atom is -0.323 e. The first-order valence-electron chi connectivity index (χ1n) is 4.89. The normalized spacial score (nSPS) is 14.5. The number of carbonyl (C=O) groups is 1. The zero-order chi connectivity index (χ0) is 11.0. The summed E-state index contributed by atoms with van der Waals surface area (Å²) >= 11 is 0. The van der Waals surface area contributed by atoms with Crippen LogP contribution in [0.5, 0.6) is 0 Å². The third-order valence-electron chi connectivity index (χ3n) is 2.59. The summed E-state index contributed by atoms with van der Waals surface area (Å²) in [4.78, 5) is 13.0. The molecule has 2 amide bonds. The Morgan fingerprint density at radius 2 is 2.33 bits per heavy atom. The van der Waals surface area contributed by atoms with Gasteiger partial charge < -0.3 is 10.2 Å². The third-order valence-corrected chi connectivity index (χ3v) is 2.59. The third kappa shape index (κ3) is 1.73. The molecule has 3 nitrogen and oxygen atoms in total. The molecule has 1 aromatic carbocycles. The van der Waals surface area contributed by atoms with Crippen molar-refractivity contribution < 1.29 is 6.22 Å². The molecular formula is C12H16N2O. The topological polar surface area (TPSA) is 32.3 Å². The maximum Gasteiger partial charge on any atom is 0.321 e. The number of nitrogens with one attached hydrogen (secondary N) is 1. The van der Waals surface area contributed by atoms with Crippen molar-refractivity contribution in [3.05, 3.63) is 35.9 Å². The highest BCUT2D eigenvalue weighted by Gasteiger charge is 2.18. The molecule has 1 heterocycles. The zero-order valence-electron chi connectivity index (χ0n) is 9.00. The molecule has 0 radical (unpaired) electrons. The number of hydrogen-bond acceptors (Lipinski definition) is 1. The van der Waals surface area contributed by atoms with Crippen molar-refractivity contribution in [2.75, 3.05) is 12.4 Å². The van der Waals surface area contributed by atoms with Crippen LogP contribution in [0.25, 0.3) is 5.57 Å². The van der Waals surface area contributed by atoms with Crippen molar-refractivity contribution in [1.82, 2.24) is 4.90 Å². The quantitative estimate of drug-likeness (QED) is 0.749. The molecule has 15 heavy (non-hydrogen) atoms. The second kappa shape index (κ2) is 3.42. The van der Waals surface area contributed by atoms with Crippen LogP contribution in [0.4, 0.5) is 10.5 Å². The number of nitrogens with zero attached hydrogens (tertiary/aromatic N) is 1. The van der Waals surface area contributed by atoms with Gasteiger partial charge >= 0.3 is 6.03 Å². The van der Waals surface area contributed by atoms with Gasteiger partial charge in [-0.15, -0.1) is 0 Å². The van der Waals surface area contributed by atoms with Gasteiger partial charge in [0.05, 0.1) is 0 Å². The Bertz CT molecular complexity index is 443. The molecule has 0 aromatic heterocycles. The average Bonchev–Trinajstić information content (AvgIpc) is 2.19. The van der Waals surface area contributed by atoms with E-state index in [0.717, 1.165) is 22.4 Å². The van der Waals surface area contributed by atoms with E-state index in [1.165, 1.54) is 0 Å². The fourth-order valence-electron chi connectivity index (χ4n) is 1.65. The van der Waals surface area contributed by atoms with E-state index in [1.807, 2.05) is 19.1 Å². The Balaban J connectivity index is 0.00000128. The number of urea groups is 1. The maximum atomic E-state index is 11.4. The first-order valence-corrected chi connectivity index (χ1v) is 4.89. The molecule has 1 aliphatic rings. The minimum atomic E-state index is -0.0504. The van der Waals surface area contributed by atoms with Crippen LogP contribution in [0.2, 0.25) is 0 Å². The van der Waals surface area contributed by atoms with Crippen molar-refractivity contribution in [2.24, 2.45) is 0 Å². The van der Waals surface area contributed by atoms with Gasteiger partial charge in [-0.3, -0.25) is 0 Å². The lowest BCUT2D eigenvalue weighted by atomic mass is 10.0. The molecule has 0 saturated carbocycles. The van der Waals surface area contributed by atoms with E-state index in [4.69, 9.17) is 0 Å². The molecule has 1 aliphatic heterocycles. The van der Waals surface area contributed by atoms with Crippen LogP contribution >= 0.6 is 0 Å². The smallest absolute Gasteiger partial charge is 0.321 e. The van der Waals surface area contributed by atoms with E-state index in [1.54, 1.807) is 11.9 Å². The zero-order valence-corrected chi connectivity index (χ0v) is 9.00. The fourth-order valence-corrected chi connectivity index (χ4v) is 1.65. The lowest BCUT2D eigenvalue weighted by Gasteiger charge is -2.26. The van der Waals surface area contributed by atoms with E-state index in [9.17, 15) is 4.79 Å². The summed E-state index contributed by atoms with van der Waals surface area (Å²) in [6.45, 7) is 6.54. The standard InChI is InChI=1S/C12H14N2O.H2/c1-8(2)9-4-5-11-10(6-9)7-14(3)12(15)13-11;/h4-6H,1,7H2,2-3H3,(H,13,15);1H. The van der Waals surface area contributed by atoms with E-state index in [0.29, 0.717) is 6.54 Å². The van der Waals surface area contributed by atoms with Crippen LogP contribution in [0.15, 0.2) is 24.8 Å². The molecule has 0 bridgehead atoms. The molecule has 1 aromatic rings. The fraction of sp³-hybridized carbons (Fsp3) is 0.250. The monoisotopic (exact) mass is 204 g/mol. The van der Waals surface area contributed by atoms with Crippen LogP contribution in [-0.2, 0) is 6.54 Å². The SMILES string of the molecule is C=C(C)c1ccc2c(c1)CN(C)C(=O)N2.[HH]. The second-order valence-electron chi connectivity index (χ2n) is 3.94. The van der Waals surface area contributed by atoms with Gasteiger partial charge in [0.15, 0.2) is 0 Å². The van der Waals surface area contributed by atoms with Gasteiger partial charge in [-0.1, -0.05) is 18.2 Å². The lowest BCUT2D eigenvalue weighted by Crippen LogP contribution is -2.35. The van der Waals surface area contributed by atoms with Crippen LogP contribution in [0.1, 0.15) is 19.5 Å². The molecule has 0 fully saturated rings. The Labute approximate surface area is 90.9 Å². The molecule has 0 unspecified atom stereocenters. The predicted molar refractivity (Wildman–Crippen MR) is 63.7 cm³/mol. The number of allylic oxidation sites excluding steroid dienone is 1. The molecule has 0 atom stereocenters. The van der Waals surface area contributed by atoms with Crippen molar-refractivity contribution in [3.8, 4) is 0 Å². The number of anilines is 1. The number of rotatable bonds is 1. The summed E-state index contributed by atoms with van der Waals surface area (Å²) in [6, 6.07) is 5.94. The van der Waals surface area contributed by atoms with Crippen LogP contribution in [0, 0.1) is 0 Å². The molecule has 80 valence electrons. The molecule has 0 spiro atoms. The van der Waals surface area contributed by atoms with Crippen molar-refractivity contribution in [3.63, 3.8) is 0 Å². The van der Waals surface area contributed by atoms with Crippen molar-refractivity contribution in [1.29, 1.82) is 0 Å². The predicted octanol–water partition coefficient (Wildman–Crippen LogP) is 2.94. The summed E-state index contributed by atoms with van der Waals surface area (Å²) in [5.41, 5.74) is 4.20.